The van der Waals surface area contributed by atoms with Crippen molar-refractivity contribution < 1.29 is 22.7 Å². The Bertz CT molecular complexity index is 1150. The van der Waals surface area contributed by atoms with Gasteiger partial charge < -0.3 is 14.5 Å². The van der Waals surface area contributed by atoms with Crippen LogP contribution in [0.1, 0.15) is 27.6 Å². The maximum atomic E-state index is 12.8. The smallest absolute Gasteiger partial charge is 0.406 e. The van der Waals surface area contributed by atoms with E-state index in [4.69, 9.17) is 0 Å². The first-order valence-corrected chi connectivity index (χ1v) is 10.4. The highest BCUT2D eigenvalue weighted by Gasteiger charge is 2.31. The van der Waals surface area contributed by atoms with Gasteiger partial charge in [0.2, 0.25) is 0 Å². The minimum absolute atomic E-state index is 0.240. The maximum Gasteiger partial charge on any atom is 0.573 e. The van der Waals surface area contributed by atoms with Crippen molar-refractivity contribution in [1.82, 2.24) is 24.6 Å². The van der Waals surface area contributed by atoms with E-state index in [1.54, 1.807) is 9.58 Å². The van der Waals surface area contributed by atoms with Gasteiger partial charge in [0, 0.05) is 43.5 Å². The van der Waals surface area contributed by atoms with E-state index in [1.807, 2.05) is 32.9 Å². The number of carbonyl (C=O) groups excluding carboxylic acids is 1. The summed E-state index contributed by atoms with van der Waals surface area (Å²) in [6, 6.07) is 8.81. The van der Waals surface area contributed by atoms with Crippen molar-refractivity contribution in [3.05, 3.63) is 59.2 Å². The summed E-state index contributed by atoms with van der Waals surface area (Å²) >= 11 is 0. The number of anilines is 1. The molecule has 174 valence electrons. The summed E-state index contributed by atoms with van der Waals surface area (Å²) in [7, 11) is 0. The second-order valence-corrected chi connectivity index (χ2v) is 7.82. The molecule has 0 spiro atoms. The molecule has 4 rings (SSSR count). The summed E-state index contributed by atoms with van der Waals surface area (Å²) in [5.41, 5.74) is 2.18. The van der Waals surface area contributed by atoms with Crippen LogP contribution in [-0.4, -0.2) is 63.1 Å². The van der Waals surface area contributed by atoms with Gasteiger partial charge in [0.25, 0.3) is 5.91 Å². The third-order valence-electron chi connectivity index (χ3n) is 5.26. The van der Waals surface area contributed by atoms with E-state index in [9.17, 15) is 18.0 Å². The van der Waals surface area contributed by atoms with Gasteiger partial charge in [-0.2, -0.15) is 5.10 Å². The molecular weight excluding hydrogens is 437 g/mol. The lowest BCUT2D eigenvalue weighted by Gasteiger charge is -2.35. The Morgan fingerprint density at radius 1 is 0.939 bits per heavy atom. The Kier molecular flexibility index (Phi) is 5.96. The maximum absolute atomic E-state index is 12.8. The molecule has 3 heterocycles. The van der Waals surface area contributed by atoms with E-state index in [-0.39, 0.29) is 11.7 Å². The van der Waals surface area contributed by atoms with E-state index >= 15 is 0 Å². The average Bonchev–Trinajstić information content (AvgIpc) is 3.10. The minimum atomic E-state index is -4.77. The molecule has 1 fully saturated rings. The van der Waals surface area contributed by atoms with Crippen LogP contribution in [0.5, 0.6) is 5.75 Å². The number of hydrogen-bond acceptors (Lipinski definition) is 6. The molecule has 11 heteroatoms. The minimum Gasteiger partial charge on any atom is -0.406 e. The molecule has 1 aliphatic rings. The number of amides is 1. The monoisotopic (exact) mass is 460 g/mol. The number of aryl methyl sites for hydroxylation is 3. The van der Waals surface area contributed by atoms with Crippen molar-refractivity contribution in [3.8, 4) is 11.6 Å². The van der Waals surface area contributed by atoms with Crippen LogP contribution in [0, 0.1) is 20.8 Å². The molecule has 0 bridgehead atoms. The lowest BCUT2D eigenvalue weighted by molar-refractivity contribution is -0.274. The normalized spacial score (nSPS) is 14.5. The van der Waals surface area contributed by atoms with Crippen LogP contribution >= 0.6 is 0 Å². The van der Waals surface area contributed by atoms with Crippen molar-refractivity contribution in [2.75, 3.05) is 31.1 Å². The molecule has 0 unspecified atom stereocenters. The number of aromatic nitrogens is 4. The lowest BCUT2D eigenvalue weighted by atomic mass is 10.1. The SMILES string of the molecule is Cc1cc(C)n(-c2cc(N3CCN(C(=O)c4ccc(OC(F)(F)F)cc4)CC3)nc(C)n2)n1. The van der Waals surface area contributed by atoms with Crippen LogP contribution in [0.4, 0.5) is 19.0 Å². The summed E-state index contributed by atoms with van der Waals surface area (Å²) in [5, 5.41) is 4.49. The van der Waals surface area contributed by atoms with Gasteiger partial charge in [0.1, 0.15) is 17.4 Å². The van der Waals surface area contributed by atoms with Crippen molar-refractivity contribution in [3.63, 3.8) is 0 Å². The first-order valence-electron chi connectivity index (χ1n) is 10.4. The molecule has 0 saturated carbocycles. The third-order valence-corrected chi connectivity index (χ3v) is 5.26. The van der Waals surface area contributed by atoms with Crippen LogP contribution in [0.2, 0.25) is 0 Å². The van der Waals surface area contributed by atoms with Gasteiger partial charge in [0.05, 0.1) is 5.69 Å². The second-order valence-electron chi connectivity index (χ2n) is 7.82. The molecule has 3 aromatic rings. The molecule has 8 nitrogen and oxygen atoms in total. The summed E-state index contributed by atoms with van der Waals surface area (Å²) in [6.07, 6.45) is -4.77. The molecule has 1 saturated heterocycles. The largest absolute Gasteiger partial charge is 0.573 e. The van der Waals surface area contributed by atoms with E-state index in [0.717, 1.165) is 29.3 Å². The Labute approximate surface area is 188 Å². The zero-order valence-corrected chi connectivity index (χ0v) is 18.4. The van der Waals surface area contributed by atoms with E-state index in [2.05, 4.69) is 24.7 Å². The van der Waals surface area contributed by atoms with Gasteiger partial charge in [-0.15, -0.1) is 13.2 Å². The van der Waals surface area contributed by atoms with Crippen LogP contribution in [-0.2, 0) is 0 Å². The fourth-order valence-electron chi connectivity index (χ4n) is 3.79. The summed E-state index contributed by atoms with van der Waals surface area (Å²) in [5.74, 6) is 1.46. The molecule has 0 N–H and O–H groups in total. The van der Waals surface area contributed by atoms with Gasteiger partial charge in [-0.1, -0.05) is 0 Å². The lowest BCUT2D eigenvalue weighted by Crippen LogP contribution is -2.49. The predicted octanol–water partition coefficient (Wildman–Crippen LogP) is 3.45. The Morgan fingerprint density at radius 3 is 2.15 bits per heavy atom. The number of rotatable bonds is 4. The molecular formula is C22H23F3N6O2. The highest BCUT2D eigenvalue weighted by Crippen LogP contribution is 2.24. The van der Waals surface area contributed by atoms with Crippen LogP contribution in [0.3, 0.4) is 0 Å². The Hall–Kier alpha value is -3.63. The quantitative estimate of drug-likeness (QED) is 0.594. The van der Waals surface area contributed by atoms with Gasteiger partial charge in [-0.25, -0.2) is 14.6 Å². The third kappa shape index (κ3) is 5.24. The van der Waals surface area contributed by atoms with Crippen molar-refractivity contribution in [1.29, 1.82) is 0 Å². The van der Waals surface area contributed by atoms with Gasteiger partial charge in [0.15, 0.2) is 5.82 Å². The Morgan fingerprint density at radius 2 is 1.58 bits per heavy atom. The van der Waals surface area contributed by atoms with Crippen molar-refractivity contribution >= 4 is 11.7 Å². The molecule has 0 atom stereocenters. The first-order chi connectivity index (χ1) is 15.6. The van der Waals surface area contributed by atoms with Crippen LogP contribution in [0.25, 0.3) is 5.82 Å². The fourth-order valence-corrected chi connectivity index (χ4v) is 3.79. The number of piperazine rings is 1. The average molecular weight is 460 g/mol. The zero-order valence-electron chi connectivity index (χ0n) is 18.4. The number of halogens is 3. The molecule has 2 aromatic heterocycles. The Balaban J connectivity index is 1.43. The number of ether oxygens (including phenoxy) is 1. The van der Waals surface area contributed by atoms with Crippen LogP contribution < -0.4 is 9.64 Å². The zero-order chi connectivity index (χ0) is 23.8. The van der Waals surface area contributed by atoms with Gasteiger partial charge in [-0.05, 0) is 51.1 Å². The summed E-state index contributed by atoms with van der Waals surface area (Å²) in [4.78, 5) is 25.6. The molecule has 0 radical (unpaired) electrons. The van der Waals surface area contributed by atoms with Crippen molar-refractivity contribution in [2.45, 2.75) is 27.1 Å². The van der Waals surface area contributed by atoms with Crippen LogP contribution in [0.15, 0.2) is 36.4 Å². The molecule has 1 aromatic carbocycles. The summed E-state index contributed by atoms with van der Waals surface area (Å²) in [6.45, 7) is 7.75. The van der Waals surface area contributed by atoms with Crippen molar-refractivity contribution in [2.24, 2.45) is 0 Å². The van der Waals surface area contributed by atoms with E-state index < -0.39 is 6.36 Å². The first kappa shape index (κ1) is 22.6. The highest BCUT2D eigenvalue weighted by molar-refractivity contribution is 5.94. The number of benzene rings is 1. The standard InChI is InChI=1S/C22H23F3N6O2/c1-14-12-15(2)31(28-14)20-13-19(26-16(3)27-20)29-8-10-30(11-9-29)21(32)17-4-6-18(7-5-17)33-22(23,24)25/h4-7,12-13H,8-11H2,1-3H3. The van der Waals surface area contributed by atoms with Gasteiger partial charge >= 0.3 is 6.36 Å². The molecule has 33 heavy (non-hydrogen) atoms. The summed E-state index contributed by atoms with van der Waals surface area (Å²) < 4.78 is 42.6. The highest BCUT2D eigenvalue weighted by atomic mass is 19.4. The van der Waals surface area contributed by atoms with E-state index in [1.165, 1.54) is 12.1 Å². The molecule has 1 amide bonds. The number of alkyl halides is 3. The number of hydrogen-bond donors (Lipinski definition) is 0. The molecule has 1 aliphatic heterocycles. The topological polar surface area (TPSA) is 76.4 Å². The predicted molar refractivity (Wildman–Crippen MR) is 115 cm³/mol. The number of nitrogens with zero attached hydrogens (tertiary/aromatic N) is 6. The second kappa shape index (κ2) is 8.72. The number of carbonyl (C=O) groups is 1. The fraction of sp³-hybridized carbons (Fsp3) is 0.364. The van der Waals surface area contributed by atoms with Gasteiger partial charge in [-0.3, -0.25) is 4.79 Å². The molecule has 0 aliphatic carbocycles. The van der Waals surface area contributed by atoms with E-state index in [0.29, 0.717) is 43.4 Å².